The molecule has 0 unspecified atom stereocenters. The summed E-state index contributed by atoms with van der Waals surface area (Å²) < 4.78 is 2.50. The molecule has 152 valence electrons. The SMILES string of the molecule is Cc1ccc(C)c(NC(=O)Cn2c(=O)n(-c3ccccc3)c(=O)c3cc(C)sc32)c1. The van der Waals surface area contributed by atoms with Crippen LogP contribution in [0.1, 0.15) is 16.0 Å². The Morgan fingerprint density at radius 3 is 2.47 bits per heavy atom. The van der Waals surface area contributed by atoms with Gasteiger partial charge in [0.05, 0.1) is 11.1 Å². The second kappa shape index (κ2) is 7.76. The number of thiophene rings is 1. The maximum atomic E-state index is 13.3. The molecule has 2 aromatic heterocycles. The summed E-state index contributed by atoms with van der Waals surface area (Å²) in [5, 5.41) is 3.32. The van der Waals surface area contributed by atoms with Crippen molar-refractivity contribution in [1.29, 1.82) is 0 Å². The van der Waals surface area contributed by atoms with Gasteiger partial charge in [-0.05, 0) is 56.2 Å². The van der Waals surface area contributed by atoms with Crippen LogP contribution in [0, 0.1) is 20.8 Å². The third-order valence-electron chi connectivity index (χ3n) is 4.92. The van der Waals surface area contributed by atoms with Crippen LogP contribution in [-0.4, -0.2) is 15.0 Å². The van der Waals surface area contributed by atoms with Crippen LogP contribution < -0.4 is 16.6 Å². The van der Waals surface area contributed by atoms with Gasteiger partial charge in [-0.3, -0.25) is 14.2 Å². The van der Waals surface area contributed by atoms with Crippen molar-refractivity contribution < 1.29 is 4.79 Å². The number of hydrogen-bond acceptors (Lipinski definition) is 4. The second-order valence-electron chi connectivity index (χ2n) is 7.29. The molecule has 0 bridgehead atoms. The minimum atomic E-state index is -0.531. The molecule has 1 amide bonds. The number of fused-ring (bicyclic) bond motifs is 1. The van der Waals surface area contributed by atoms with Crippen molar-refractivity contribution in [1.82, 2.24) is 9.13 Å². The first-order chi connectivity index (χ1) is 14.3. The minimum absolute atomic E-state index is 0.185. The summed E-state index contributed by atoms with van der Waals surface area (Å²) in [7, 11) is 0. The molecule has 6 nitrogen and oxygen atoms in total. The largest absolute Gasteiger partial charge is 0.337 e. The molecule has 0 saturated carbocycles. The zero-order valence-electron chi connectivity index (χ0n) is 16.9. The summed E-state index contributed by atoms with van der Waals surface area (Å²) >= 11 is 1.33. The van der Waals surface area contributed by atoms with Gasteiger partial charge in [-0.25, -0.2) is 9.36 Å². The number of carbonyl (C=O) groups excluding carboxylic acids is 1. The molecule has 0 aliphatic heterocycles. The smallest absolute Gasteiger partial charge is 0.324 e. The fraction of sp³-hybridized carbons (Fsp3) is 0.174. The van der Waals surface area contributed by atoms with Crippen LogP contribution in [0.25, 0.3) is 15.9 Å². The highest BCUT2D eigenvalue weighted by Gasteiger charge is 2.18. The number of amides is 1. The summed E-state index contributed by atoms with van der Waals surface area (Å²) in [6.07, 6.45) is 0. The van der Waals surface area contributed by atoms with Gasteiger partial charge in [0.15, 0.2) is 0 Å². The Balaban J connectivity index is 1.82. The lowest BCUT2D eigenvalue weighted by molar-refractivity contribution is -0.116. The quantitative estimate of drug-likeness (QED) is 0.547. The Morgan fingerprint density at radius 1 is 1.00 bits per heavy atom. The van der Waals surface area contributed by atoms with E-state index in [1.54, 1.807) is 30.3 Å². The topological polar surface area (TPSA) is 73.1 Å². The van der Waals surface area contributed by atoms with Gasteiger partial charge >= 0.3 is 5.69 Å². The maximum absolute atomic E-state index is 13.3. The highest BCUT2D eigenvalue weighted by Crippen LogP contribution is 2.22. The number of carbonyl (C=O) groups is 1. The highest BCUT2D eigenvalue weighted by molar-refractivity contribution is 7.18. The van der Waals surface area contributed by atoms with Gasteiger partial charge in [0.2, 0.25) is 5.91 Å². The third kappa shape index (κ3) is 3.59. The maximum Gasteiger partial charge on any atom is 0.337 e. The predicted octanol–water partition coefficient (Wildman–Crippen LogP) is 3.78. The van der Waals surface area contributed by atoms with E-state index in [0.29, 0.717) is 21.6 Å². The summed E-state index contributed by atoms with van der Waals surface area (Å²) in [5.74, 6) is -0.323. The number of nitrogens with one attached hydrogen (secondary N) is 1. The Labute approximate surface area is 177 Å². The average Bonchev–Trinajstić information content (AvgIpc) is 3.11. The third-order valence-corrected chi connectivity index (χ3v) is 5.99. The normalized spacial score (nSPS) is 11.0. The number of hydrogen-bond donors (Lipinski definition) is 1. The lowest BCUT2D eigenvalue weighted by Gasteiger charge is -2.13. The zero-order chi connectivity index (χ0) is 21.4. The van der Waals surface area contributed by atoms with E-state index < -0.39 is 5.69 Å². The average molecular weight is 420 g/mol. The van der Waals surface area contributed by atoms with E-state index in [0.717, 1.165) is 20.6 Å². The van der Waals surface area contributed by atoms with E-state index >= 15 is 0 Å². The first-order valence-corrected chi connectivity index (χ1v) is 10.4. The summed E-state index contributed by atoms with van der Waals surface area (Å²) in [6.45, 7) is 5.56. The molecule has 4 aromatic rings. The number of anilines is 1. The van der Waals surface area contributed by atoms with Crippen molar-refractivity contribution in [3.8, 4) is 5.69 Å². The van der Waals surface area contributed by atoms with Gasteiger partial charge in [0, 0.05) is 10.6 Å². The molecule has 0 saturated heterocycles. The van der Waals surface area contributed by atoms with Crippen LogP contribution in [0.15, 0.2) is 64.2 Å². The molecule has 0 atom stereocenters. The number of benzene rings is 2. The molecule has 7 heteroatoms. The molecule has 1 N–H and O–H groups in total. The Kier molecular flexibility index (Phi) is 5.13. The summed E-state index contributed by atoms with van der Waals surface area (Å²) in [5.41, 5.74) is 2.24. The van der Waals surface area contributed by atoms with Crippen molar-refractivity contribution >= 4 is 33.1 Å². The van der Waals surface area contributed by atoms with E-state index in [4.69, 9.17) is 0 Å². The van der Waals surface area contributed by atoms with E-state index in [2.05, 4.69) is 5.32 Å². The first-order valence-electron chi connectivity index (χ1n) is 9.53. The lowest BCUT2D eigenvalue weighted by atomic mass is 10.1. The Morgan fingerprint density at radius 2 is 1.73 bits per heavy atom. The number of rotatable bonds is 4. The monoisotopic (exact) mass is 419 g/mol. The second-order valence-corrected chi connectivity index (χ2v) is 8.52. The lowest BCUT2D eigenvalue weighted by Crippen LogP contribution is -2.40. The molecular weight excluding hydrogens is 398 g/mol. The van der Waals surface area contributed by atoms with E-state index in [9.17, 15) is 14.4 Å². The van der Waals surface area contributed by atoms with Gasteiger partial charge in [0.25, 0.3) is 5.56 Å². The molecule has 0 aliphatic carbocycles. The predicted molar refractivity (Wildman–Crippen MR) is 121 cm³/mol. The molecule has 0 aliphatic rings. The summed E-state index contributed by atoms with van der Waals surface area (Å²) in [4.78, 5) is 40.5. The molecule has 0 spiro atoms. The molecule has 4 rings (SSSR count). The van der Waals surface area contributed by atoms with Crippen molar-refractivity contribution in [2.45, 2.75) is 27.3 Å². The van der Waals surface area contributed by atoms with Crippen LogP contribution in [0.3, 0.4) is 0 Å². The minimum Gasteiger partial charge on any atom is -0.324 e. The van der Waals surface area contributed by atoms with Crippen molar-refractivity contribution in [3.05, 3.63) is 91.4 Å². The van der Waals surface area contributed by atoms with Crippen LogP contribution in [0.5, 0.6) is 0 Å². The molecule has 2 aromatic carbocycles. The van der Waals surface area contributed by atoms with Crippen LogP contribution in [-0.2, 0) is 11.3 Å². The van der Waals surface area contributed by atoms with E-state index in [1.165, 1.54) is 15.9 Å². The van der Waals surface area contributed by atoms with E-state index in [1.807, 2.05) is 45.0 Å². The number of aryl methyl sites for hydroxylation is 3. The number of aromatic nitrogens is 2. The Hall–Kier alpha value is -3.45. The van der Waals surface area contributed by atoms with Crippen LogP contribution in [0.4, 0.5) is 5.69 Å². The van der Waals surface area contributed by atoms with Crippen LogP contribution >= 0.6 is 11.3 Å². The standard InChI is InChI=1S/C23H21N3O3S/c1-14-9-10-15(2)19(11-14)24-20(27)13-25-22-18(12-16(3)30-22)21(28)26(23(25)29)17-7-5-4-6-8-17/h4-12H,13H2,1-3H3,(H,24,27). The molecular formula is C23H21N3O3S. The van der Waals surface area contributed by atoms with Gasteiger partial charge in [0.1, 0.15) is 11.4 Å². The van der Waals surface area contributed by atoms with Gasteiger partial charge in [-0.2, -0.15) is 0 Å². The van der Waals surface area contributed by atoms with E-state index in [-0.39, 0.29) is 18.0 Å². The summed E-state index contributed by atoms with van der Waals surface area (Å²) in [6, 6.07) is 16.3. The Bertz CT molecular complexity index is 1380. The molecule has 0 fully saturated rings. The van der Waals surface area contributed by atoms with Crippen molar-refractivity contribution in [2.24, 2.45) is 0 Å². The van der Waals surface area contributed by atoms with Crippen LogP contribution in [0.2, 0.25) is 0 Å². The highest BCUT2D eigenvalue weighted by atomic mass is 32.1. The fourth-order valence-corrected chi connectivity index (χ4v) is 4.41. The van der Waals surface area contributed by atoms with Gasteiger partial charge in [-0.15, -0.1) is 11.3 Å². The fourth-order valence-electron chi connectivity index (χ4n) is 3.42. The number of para-hydroxylation sites is 1. The first kappa shape index (κ1) is 19.8. The van der Waals surface area contributed by atoms with Crippen molar-refractivity contribution in [2.75, 3.05) is 5.32 Å². The molecule has 0 radical (unpaired) electrons. The molecule has 2 heterocycles. The van der Waals surface area contributed by atoms with Crippen molar-refractivity contribution in [3.63, 3.8) is 0 Å². The van der Waals surface area contributed by atoms with Gasteiger partial charge in [-0.1, -0.05) is 30.3 Å². The van der Waals surface area contributed by atoms with Gasteiger partial charge < -0.3 is 5.32 Å². The molecule has 30 heavy (non-hydrogen) atoms. The number of nitrogens with zero attached hydrogens (tertiary/aromatic N) is 2. The zero-order valence-corrected chi connectivity index (χ0v) is 17.7.